The van der Waals surface area contributed by atoms with Gasteiger partial charge in [0.15, 0.2) is 5.71 Å². The molecule has 2 aromatic rings. The molecule has 2 fully saturated rings. The molecule has 0 amide bonds. The van der Waals surface area contributed by atoms with Gasteiger partial charge in [-0.15, -0.1) is 0 Å². The van der Waals surface area contributed by atoms with E-state index in [4.69, 9.17) is 9.47 Å². The lowest BCUT2D eigenvalue weighted by molar-refractivity contribution is -0.438. The van der Waals surface area contributed by atoms with Crippen LogP contribution in [0.25, 0.3) is 6.08 Å². The van der Waals surface area contributed by atoms with E-state index >= 15 is 0 Å². The van der Waals surface area contributed by atoms with Gasteiger partial charge in [0.05, 0.1) is 25.7 Å². The van der Waals surface area contributed by atoms with Crippen LogP contribution >= 0.6 is 0 Å². The van der Waals surface area contributed by atoms with Gasteiger partial charge in [0.1, 0.15) is 12.3 Å². The van der Waals surface area contributed by atoms with Crippen molar-refractivity contribution in [1.29, 1.82) is 0 Å². The molecule has 2 heterocycles. The zero-order valence-corrected chi connectivity index (χ0v) is 25.3. The molecule has 41 heavy (non-hydrogen) atoms. The van der Waals surface area contributed by atoms with E-state index < -0.39 is 0 Å². The molecule has 0 radical (unpaired) electrons. The Hall–Kier alpha value is -2.85. The van der Waals surface area contributed by atoms with E-state index in [0.717, 1.165) is 44.5 Å². The van der Waals surface area contributed by atoms with Crippen molar-refractivity contribution in [2.75, 3.05) is 44.9 Å². The Kier molecular flexibility index (Phi) is 8.95. The van der Waals surface area contributed by atoms with Gasteiger partial charge in [0.2, 0.25) is 5.69 Å². The number of anilines is 1. The number of morpholine rings is 1. The maximum atomic E-state index is 5.76. The van der Waals surface area contributed by atoms with Crippen LogP contribution < -0.4 is 9.64 Å². The van der Waals surface area contributed by atoms with Crippen LogP contribution in [0.5, 0.6) is 5.75 Å². The molecular formula is C37H49N2O2+. The Morgan fingerprint density at radius 3 is 2.51 bits per heavy atom. The zero-order valence-electron chi connectivity index (χ0n) is 25.3. The van der Waals surface area contributed by atoms with Crippen molar-refractivity contribution in [2.45, 2.75) is 76.5 Å². The van der Waals surface area contributed by atoms with Crippen molar-refractivity contribution >= 4 is 23.2 Å². The fourth-order valence-corrected chi connectivity index (χ4v) is 7.82. The fraction of sp³-hybridized carbons (Fsp3) is 0.541. The molecule has 1 saturated heterocycles. The Balaban J connectivity index is 1.32. The Morgan fingerprint density at radius 1 is 0.976 bits per heavy atom. The molecule has 4 aliphatic rings. The molecule has 0 bridgehead atoms. The average Bonchev–Trinajstić information content (AvgIpc) is 3.64. The molecule has 2 aromatic carbocycles. The molecule has 2 unspecified atom stereocenters. The van der Waals surface area contributed by atoms with Crippen molar-refractivity contribution in [1.82, 2.24) is 0 Å². The van der Waals surface area contributed by atoms with Crippen molar-refractivity contribution in [3.8, 4) is 5.75 Å². The van der Waals surface area contributed by atoms with Crippen molar-refractivity contribution < 1.29 is 14.0 Å². The van der Waals surface area contributed by atoms with Gasteiger partial charge < -0.3 is 14.4 Å². The maximum Gasteiger partial charge on any atom is 0.210 e. The van der Waals surface area contributed by atoms with Crippen LogP contribution in [-0.4, -0.2) is 50.2 Å². The van der Waals surface area contributed by atoms with E-state index in [-0.39, 0.29) is 5.41 Å². The van der Waals surface area contributed by atoms with E-state index in [2.05, 4.69) is 83.2 Å². The second-order valence-corrected chi connectivity index (χ2v) is 12.8. The first-order valence-electron chi connectivity index (χ1n) is 16.3. The minimum absolute atomic E-state index is 0.0868. The number of ether oxygens (including phenoxy) is 2. The summed E-state index contributed by atoms with van der Waals surface area (Å²) in [5.74, 6) is 2.40. The van der Waals surface area contributed by atoms with Crippen LogP contribution in [0.2, 0.25) is 0 Å². The van der Waals surface area contributed by atoms with Crippen LogP contribution in [0.1, 0.15) is 82.3 Å². The highest BCUT2D eigenvalue weighted by Crippen LogP contribution is 2.49. The number of fused-ring (bicyclic) bond motifs is 1. The summed E-state index contributed by atoms with van der Waals surface area (Å²) >= 11 is 0. The number of nitrogens with zero attached hydrogens (tertiary/aromatic N) is 2. The standard InChI is InChI=1S/C37H49N2O2/c1-37(31-13-4-3-5-14-31)34-28-33(40-2)20-21-35(34)39(23-9-8-12-29-10-6-7-11-29)36(37)22-17-30-15-18-32(19-16-30)38-24-26-41-27-25-38/h4,13,15-22,28-29,31H,3,5-12,14,23-27H2,1-2H3/q+1. The summed E-state index contributed by atoms with van der Waals surface area (Å²) in [4.78, 5) is 2.42. The molecular weight excluding hydrogens is 504 g/mol. The van der Waals surface area contributed by atoms with Crippen LogP contribution in [0, 0.1) is 11.8 Å². The second kappa shape index (κ2) is 13.0. The third kappa shape index (κ3) is 6.04. The van der Waals surface area contributed by atoms with Crippen LogP contribution in [0.3, 0.4) is 0 Å². The third-order valence-corrected chi connectivity index (χ3v) is 10.3. The smallest absolute Gasteiger partial charge is 0.210 e. The lowest BCUT2D eigenvalue weighted by atomic mass is 9.66. The normalized spacial score (nSPS) is 24.9. The largest absolute Gasteiger partial charge is 0.497 e. The number of benzene rings is 2. The topological polar surface area (TPSA) is 24.7 Å². The number of hydrogen-bond acceptors (Lipinski definition) is 3. The quantitative estimate of drug-likeness (QED) is 0.168. The first-order valence-corrected chi connectivity index (χ1v) is 16.3. The molecule has 2 aliphatic heterocycles. The molecule has 6 rings (SSSR count). The van der Waals surface area contributed by atoms with Gasteiger partial charge in [-0.3, -0.25) is 0 Å². The number of hydrogen-bond donors (Lipinski definition) is 0. The van der Waals surface area contributed by atoms with Crippen LogP contribution in [0.15, 0.2) is 60.7 Å². The molecule has 0 aromatic heterocycles. The average molecular weight is 554 g/mol. The predicted molar refractivity (Wildman–Crippen MR) is 171 cm³/mol. The van der Waals surface area contributed by atoms with E-state index in [0.29, 0.717) is 5.92 Å². The molecule has 0 N–H and O–H groups in total. The summed E-state index contributed by atoms with van der Waals surface area (Å²) in [5.41, 5.74) is 6.69. The molecule has 2 atom stereocenters. The van der Waals surface area contributed by atoms with E-state index in [9.17, 15) is 0 Å². The minimum atomic E-state index is -0.0868. The second-order valence-electron chi connectivity index (χ2n) is 12.8. The van der Waals surface area contributed by atoms with Crippen LogP contribution in [0.4, 0.5) is 11.4 Å². The fourth-order valence-electron chi connectivity index (χ4n) is 7.82. The lowest BCUT2D eigenvalue weighted by Crippen LogP contribution is -2.39. The van der Waals surface area contributed by atoms with E-state index in [1.54, 1.807) is 7.11 Å². The monoisotopic (exact) mass is 553 g/mol. The summed E-state index contributed by atoms with van der Waals surface area (Å²) in [5, 5.41) is 0. The highest BCUT2D eigenvalue weighted by molar-refractivity contribution is 6.06. The number of allylic oxidation sites excluding steroid dienone is 3. The molecule has 4 heteroatoms. The van der Waals surface area contributed by atoms with Gasteiger partial charge in [-0.1, -0.05) is 56.4 Å². The first-order chi connectivity index (χ1) is 20.2. The van der Waals surface area contributed by atoms with Crippen molar-refractivity contribution in [3.63, 3.8) is 0 Å². The Bertz CT molecular complexity index is 1260. The molecule has 4 nitrogen and oxygen atoms in total. The summed E-state index contributed by atoms with van der Waals surface area (Å²) in [6.45, 7) is 7.14. The maximum absolute atomic E-state index is 5.76. The molecule has 218 valence electrons. The van der Waals surface area contributed by atoms with Crippen LogP contribution in [-0.2, 0) is 10.2 Å². The highest BCUT2D eigenvalue weighted by atomic mass is 16.5. The molecule has 0 spiro atoms. The summed E-state index contributed by atoms with van der Waals surface area (Å²) in [6, 6.07) is 15.9. The number of rotatable bonds is 10. The Morgan fingerprint density at radius 2 is 1.78 bits per heavy atom. The summed E-state index contributed by atoms with van der Waals surface area (Å²) in [6.07, 6.45) is 23.1. The van der Waals surface area contributed by atoms with Gasteiger partial charge in [0.25, 0.3) is 0 Å². The van der Waals surface area contributed by atoms with Gasteiger partial charge >= 0.3 is 0 Å². The highest BCUT2D eigenvalue weighted by Gasteiger charge is 2.52. The van der Waals surface area contributed by atoms with Gasteiger partial charge in [-0.25, -0.2) is 0 Å². The summed E-state index contributed by atoms with van der Waals surface area (Å²) in [7, 11) is 1.79. The SMILES string of the molecule is COc1ccc2c(c1)C(C)(C1C=CCCC1)C(C=Cc1ccc(N3CCOCC3)cc1)=[N+]2CCCCC1CCCC1. The summed E-state index contributed by atoms with van der Waals surface area (Å²) < 4.78 is 14.0. The molecule has 2 aliphatic carbocycles. The molecule has 1 saturated carbocycles. The van der Waals surface area contributed by atoms with E-state index in [1.807, 2.05) is 0 Å². The zero-order chi connectivity index (χ0) is 28.1. The van der Waals surface area contributed by atoms with Gasteiger partial charge in [0, 0.05) is 42.9 Å². The first kappa shape index (κ1) is 28.3. The number of unbranched alkanes of at least 4 members (excludes halogenated alkanes) is 1. The van der Waals surface area contributed by atoms with E-state index in [1.165, 1.54) is 92.4 Å². The third-order valence-electron chi connectivity index (χ3n) is 10.3. The van der Waals surface area contributed by atoms with Crippen molar-refractivity contribution in [3.05, 3.63) is 71.8 Å². The van der Waals surface area contributed by atoms with Gasteiger partial charge in [-0.05, 0) is 80.3 Å². The lowest BCUT2D eigenvalue weighted by Gasteiger charge is -2.32. The predicted octanol–water partition coefficient (Wildman–Crippen LogP) is 8.32. The minimum Gasteiger partial charge on any atom is -0.497 e. The Labute approximate surface area is 247 Å². The van der Waals surface area contributed by atoms with Crippen molar-refractivity contribution in [2.24, 2.45) is 11.8 Å². The number of methoxy groups -OCH3 is 1. The van der Waals surface area contributed by atoms with Gasteiger partial charge in [-0.2, -0.15) is 4.58 Å².